The molecule has 0 aromatic rings. The lowest BCUT2D eigenvalue weighted by molar-refractivity contribution is -0.122. The number of hydrogen-bond donors (Lipinski definition) is 3. The average molecular weight is 200 g/mol. The molecule has 4 heteroatoms. The first kappa shape index (κ1) is 11.5. The van der Waals surface area contributed by atoms with Gasteiger partial charge in [0.25, 0.3) is 0 Å². The molecule has 0 spiro atoms. The summed E-state index contributed by atoms with van der Waals surface area (Å²) in [6, 6.07) is -0.117. The van der Waals surface area contributed by atoms with Crippen LogP contribution in [-0.2, 0) is 4.79 Å². The predicted octanol–water partition coefficient (Wildman–Crippen LogP) is 0.145. The molecule has 0 aliphatic heterocycles. The van der Waals surface area contributed by atoms with E-state index in [4.69, 9.17) is 5.73 Å². The summed E-state index contributed by atoms with van der Waals surface area (Å²) >= 11 is 0. The van der Waals surface area contributed by atoms with E-state index in [1.807, 2.05) is 0 Å². The quantitative estimate of drug-likeness (QED) is 0.604. The zero-order chi connectivity index (χ0) is 10.6. The minimum absolute atomic E-state index is 0.0691. The van der Waals surface area contributed by atoms with Gasteiger partial charge in [0.1, 0.15) is 0 Å². The largest absolute Gasteiger partial charge is 0.388 e. The molecule has 1 saturated carbocycles. The fraction of sp³-hybridized carbons (Fsp3) is 0.900. The van der Waals surface area contributed by atoms with Gasteiger partial charge in [0.15, 0.2) is 0 Å². The Labute approximate surface area is 84.9 Å². The molecular weight excluding hydrogens is 180 g/mol. The highest BCUT2D eigenvalue weighted by atomic mass is 16.3. The number of amides is 1. The van der Waals surface area contributed by atoms with E-state index in [9.17, 15) is 9.90 Å². The topological polar surface area (TPSA) is 75.4 Å². The molecule has 14 heavy (non-hydrogen) atoms. The summed E-state index contributed by atoms with van der Waals surface area (Å²) in [5, 5.41) is 12.7. The van der Waals surface area contributed by atoms with Crippen LogP contribution in [0.2, 0.25) is 0 Å². The van der Waals surface area contributed by atoms with Crippen molar-refractivity contribution in [3.05, 3.63) is 0 Å². The van der Waals surface area contributed by atoms with Crippen LogP contribution in [-0.4, -0.2) is 29.2 Å². The summed E-state index contributed by atoms with van der Waals surface area (Å²) in [7, 11) is 0. The molecule has 0 saturated heterocycles. The van der Waals surface area contributed by atoms with Crippen molar-refractivity contribution < 1.29 is 9.90 Å². The molecule has 1 rings (SSSR count). The maximum Gasteiger partial charge on any atom is 0.221 e. The highest BCUT2D eigenvalue weighted by molar-refractivity contribution is 5.76. The first-order valence-electron chi connectivity index (χ1n) is 5.26. The van der Waals surface area contributed by atoms with Crippen molar-refractivity contribution in [3.63, 3.8) is 0 Å². The number of carbonyl (C=O) groups excluding carboxylic acids is 1. The van der Waals surface area contributed by atoms with Crippen LogP contribution in [0.25, 0.3) is 0 Å². The van der Waals surface area contributed by atoms with Gasteiger partial charge in [-0.05, 0) is 19.8 Å². The van der Waals surface area contributed by atoms with Crippen LogP contribution in [0.1, 0.15) is 39.0 Å². The molecule has 1 aliphatic carbocycles. The molecule has 4 N–H and O–H groups in total. The van der Waals surface area contributed by atoms with Crippen LogP contribution >= 0.6 is 0 Å². The molecule has 1 unspecified atom stereocenters. The third-order valence-electron chi connectivity index (χ3n) is 2.66. The second-order valence-corrected chi connectivity index (χ2v) is 4.39. The van der Waals surface area contributed by atoms with Crippen LogP contribution in [0.5, 0.6) is 0 Å². The number of aliphatic hydroxyl groups is 1. The average Bonchev–Trinajstić information content (AvgIpc) is 2.49. The third-order valence-corrected chi connectivity index (χ3v) is 2.66. The second-order valence-electron chi connectivity index (χ2n) is 4.39. The van der Waals surface area contributed by atoms with Gasteiger partial charge < -0.3 is 16.2 Å². The van der Waals surface area contributed by atoms with E-state index < -0.39 is 5.60 Å². The van der Waals surface area contributed by atoms with E-state index in [0.29, 0.717) is 13.0 Å². The molecule has 1 atom stereocenters. The zero-order valence-corrected chi connectivity index (χ0v) is 8.75. The van der Waals surface area contributed by atoms with Crippen LogP contribution in [0.15, 0.2) is 0 Å². The molecular formula is C10H20N2O2. The predicted molar refractivity (Wildman–Crippen MR) is 54.7 cm³/mol. The summed E-state index contributed by atoms with van der Waals surface area (Å²) in [5.74, 6) is -0.0691. The van der Waals surface area contributed by atoms with Gasteiger partial charge >= 0.3 is 0 Å². The molecule has 0 radical (unpaired) electrons. The van der Waals surface area contributed by atoms with E-state index in [1.165, 1.54) is 0 Å². The minimum Gasteiger partial charge on any atom is -0.388 e. The summed E-state index contributed by atoms with van der Waals surface area (Å²) in [6.45, 7) is 2.17. The highest BCUT2D eigenvalue weighted by Crippen LogP contribution is 2.28. The van der Waals surface area contributed by atoms with Gasteiger partial charge in [-0.25, -0.2) is 0 Å². The standard InChI is InChI=1S/C10H20N2O2/c1-8(11)6-9(13)12-7-10(14)4-2-3-5-10/h8,14H,2-7,11H2,1H3,(H,12,13). The summed E-state index contributed by atoms with van der Waals surface area (Å²) in [5.41, 5.74) is 4.83. The van der Waals surface area contributed by atoms with Crippen LogP contribution in [0.4, 0.5) is 0 Å². The Balaban J connectivity index is 2.22. The van der Waals surface area contributed by atoms with Gasteiger partial charge in [-0.3, -0.25) is 4.79 Å². The number of nitrogens with one attached hydrogen (secondary N) is 1. The molecule has 1 aliphatic rings. The third kappa shape index (κ3) is 3.64. The van der Waals surface area contributed by atoms with Gasteiger partial charge in [-0.1, -0.05) is 12.8 Å². The molecule has 0 aromatic carbocycles. The Morgan fingerprint density at radius 1 is 1.57 bits per heavy atom. The Morgan fingerprint density at radius 3 is 2.64 bits per heavy atom. The van der Waals surface area contributed by atoms with Gasteiger partial charge in [0, 0.05) is 19.0 Å². The molecule has 0 heterocycles. The summed E-state index contributed by atoms with van der Waals surface area (Å²) in [6.07, 6.45) is 4.03. The number of rotatable bonds is 4. The number of carbonyl (C=O) groups is 1. The van der Waals surface area contributed by atoms with Crippen LogP contribution in [0.3, 0.4) is 0 Å². The van der Waals surface area contributed by atoms with Gasteiger partial charge in [-0.15, -0.1) is 0 Å². The first-order chi connectivity index (χ1) is 6.52. The van der Waals surface area contributed by atoms with Gasteiger partial charge in [-0.2, -0.15) is 0 Å². The van der Waals surface area contributed by atoms with Gasteiger partial charge in [0.2, 0.25) is 5.91 Å². The monoisotopic (exact) mass is 200 g/mol. The number of nitrogens with two attached hydrogens (primary N) is 1. The van der Waals surface area contributed by atoms with Crippen LogP contribution in [0, 0.1) is 0 Å². The Bertz CT molecular complexity index is 198. The maximum absolute atomic E-state index is 11.3. The number of hydrogen-bond acceptors (Lipinski definition) is 3. The van der Waals surface area contributed by atoms with E-state index in [2.05, 4.69) is 5.32 Å². The lowest BCUT2D eigenvalue weighted by Crippen LogP contribution is -2.42. The normalized spacial score (nSPS) is 21.9. The van der Waals surface area contributed by atoms with Crippen molar-refractivity contribution in [3.8, 4) is 0 Å². The molecule has 0 aromatic heterocycles. The van der Waals surface area contributed by atoms with E-state index in [1.54, 1.807) is 6.92 Å². The molecule has 1 fully saturated rings. The smallest absolute Gasteiger partial charge is 0.221 e. The summed E-state index contributed by atoms with van der Waals surface area (Å²) in [4.78, 5) is 11.3. The Morgan fingerprint density at radius 2 is 2.14 bits per heavy atom. The van der Waals surface area contributed by atoms with Gasteiger partial charge in [0.05, 0.1) is 5.60 Å². The van der Waals surface area contributed by atoms with E-state index in [-0.39, 0.29) is 11.9 Å². The maximum atomic E-state index is 11.3. The van der Waals surface area contributed by atoms with Crippen molar-refractivity contribution >= 4 is 5.91 Å². The second kappa shape index (κ2) is 4.75. The van der Waals surface area contributed by atoms with Crippen molar-refractivity contribution in [2.45, 2.75) is 50.7 Å². The molecule has 0 bridgehead atoms. The van der Waals surface area contributed by atoms with Crippen molar-refractivity contribution in [1.82, 2.24) is 5.32 Å². The van der Waals surface area contributed by atoms with Crippen molar-refractivity contribution in [1.29, 1.82) is 0 Å². The SMILES string of the molecule is CC(N)CC(=O)NCC1(O)CCCC1. The minimum atomic E-state index is -0.659. The Kier molecular flexibility index (Phi) is 3.89. The van der Waals surface area contributed by atoms with E-state index >= 15 is 0 Å². The Hall–Kier alpha value is -0.610. The lowest BCUT2D eigenvalue weighted by Gasteiger charge is -2.22. The van der Waals surface area contributed by atoms with Crippen molar-refractivity contribution in [2.24, 2.45) is 5.73 Å². The summed E-state index contributed by atoms with van der Waals surface area (Å²) < 4.78 is 0. The highest BCUT2D eigenvalue weighted by Gasteiger charge is 2.31. The van der Waals surface area contributed by atoms with Crippen molar-refractivity contribution in [2.75, 3.05) is 6.54 Å². The molecule has 1 amide bonds. The zero-order valence-electron chi connectivity index (χ0n) is 8.75. The lowest BCUT2D eigenvalue weighted by atomic mass is 10.0. The first-order valence-corrected chi connectivity index (χ1v) is 5.26. The molecule has 4 nitrogen and oxygen atoms in total. The fourth-order valence-electron chi connectivity index (χ4n) is 1.84. The van der Waals surface area contributed by atoms with E-state index in [0.717, 1.165) is 25.7 Å². The van der Waals surface area contributed by atoms with Crippen LogP contribution < -0.4 is 11.1 Å². The molecule has 82 valence electrons. The fourth-order valence-corrected chi connectivity index (χ4v) is 1.84.